The van der Waals surface area contributed by atoms with E-state index in [9.17, 15) is 14.7 Å². The number of ether oxygens (including phenoxy) is 2. The van der Waals surface area contributed by atoms with Crippen LogP contribution in [0.15, 0.2) is 54.1 Å². The van der Waals surface area contributed by atoms with Gasteiger partial charge >= 0.3 is 0 Å². The summed E-state index contributed by atoms with van der Waals surface area (Å²) in [5, 5.41) is 11.6. The Labute approximate surface area is 204 Å². The lowest BCUT2D eigenvalue weighted by Crippen LogP contribution is -2.38. The molecular weight excluding hydrogens is 456 g/mol. The highest BCUT2D eigenvalue weighted by Crippen LogP contribution is 2.40. The molecule has 2 aliphatic rings. The van der Waals surface area contributed by atoms with Crippen molar-refractivity contribution in [3.63, 3.8) is 0 Å². The Bertz CT molecular complexity index is 1050. The third kappa shape index (κ3) is 5.27. The Morgan fingerprint density at radius 1 is 1.06 bits per heavy atom. The molecule has 2 aromatic carbocycles. The number of carbonyl (C=O) groups excluding carboxylic acids is 2. The Morgan fingerprint density at radius 2 is 1.74 bits per heavy atom. The van der Waals surface area contributed by atoms with Gasteiger partial charge in [0.1, 0.15) is 11.5 Å². The molecule has 2 aromatic rings. The number of ketones is 1. The standard InChI is InChI=1S/C26H29ClN2O5/c1-2-34-21-10-6-18(7-11-21)23-22(24(30)19-4-8-20(27)9-5-19)25(31)26(32)29(23)13-3-12-28-14-16-33-17-15-28/h4-11,23,30H,2-3,12-17H2,1H3/t23-/m0/s1. The number of rotatable bonds is 8. The van der Waals surface area contributed by atoms with Gasteiger partial charge in [-0.25, -0.2) is 0 Å². The molecule has 0 bridgehead atoms. The maximum atomic E-state index is 13.1. The molecule has 0 spiro atoms. The summed E-state index contributed by atoms with van der Waals surface area (Å²) in [6.07, 6.45) is 0.710. The first kappa shape index (κ1) is 24.3. The Balaban J connectivity index is 1.66. The number of carbonyl (C=O) groups is 2. The smallest absolute Gasteiger partial charge is 0.295 e. The number of likely N-dealkylation sites (tertiary alicyclic amines) is 1. The molecule has 0 aromatic heterocycles. The van der Waals surface area contributed by atoms with Crippen LogP contribution >= 0.6 is 11.6 Å². The van der Waals surface area contributed by atoms with E-state index in [-0.39, 0.29) is 11.3 Å². The van der Waals surface area contributed by atoms with Gasteiger partial charge in [-0.15, -0.1) is 0 Å². The van der Waals surface area contributed by atoms with Gasteiger partial charge in [-0.05, 0) is 55.3 Å². The molecule has 0 radical (unpaired) electrons. The Hall–Kier alpha value is -2.87. The molecule has 34 heavy (non-hydrogen) atoms. The largest absolute Gasteiger partial charge is 0.507 e. The average Bonchev–Trinajstić information content (AvgIpc) is 3.10. The van der Waals surface area contributed by atoms with E-state index in [4.69, 9.17) is 21.1 Å². The predicted molar refractivity (Wildman–Crippen MR) is 130 cm³/mol. The maximum absolute atomic E-state index is 13.1. The number of aliphatic hydroxyl groups excluding tert-OH is 1. The Morgan fingerprint density at radius 3 is 2.38 bits per heavy atom. The van der Waals surface area contributed by atoms with Crippen molar-refractivity contribution in [3.05, 3.63) is 70.3 Å². The van der Waals surface area contributed by atoms with Gasteiger partial charge < -0.3 is 19.5 Å². The van der Waals surface area contributed by atoms with Crippen LogP contribution in [0, 0.1) is 0 Å². The molecule has 7 nitrogen and oxygen atoms in total. The lowest BCUT2D eigenvalue weighted by Gasteiger charge is -2.29. The van der Waals surface area contributed by atoms with Crippen molar-refractivity contribution in [1.29, 1.82) is 0 Å². The normalized spacial score (nSPS) is 20.6. The maximum Gasteiger partial charge on any atom is 0.295 e. The first-order valence-corrected chi connectivity index (χ1v) is 11.9. The van der Waals surface area contributed by atoms with Crippen molar-refractivity contribution in [2.75, 3.05) is 46.0 Å². The zero-order valence-electron chi connectivity index (χ0n) is 19.2. The summed E-state index contributed by atoms with van der Waals surface area (Å²) >= 11 is 5.99. The molecule has 1 N–H and O–H groups in total. The molecule has 2 fully saturated rings. The summed E-state index contributed by atoms with van der Waals surface area (Å²) in [5.41, 5.74) is 1.26. The summed E-state index contributed by atoms with van der Waals surface area (Å²) in [7, 11) is 0. The quantitative estimate of drug-likeness (QED) is 0.348. The van der Waals surface area contributed by atoms with Crippen LogP contribution in [0.1, 0.15) is 30.5 Å². The number of Topliss-reactive ketones (excluding diaryl/α,β-unsaturated/α-hetero) is 1. The average molecular weight is 485 g/mol. The van der Waals surface area contributed by atoms with Crippen LogP contribution < -0.4 is 4.74 Å². The lowest BCUT2D eigenvalue weighted by molar-refractivity contribution is -0.140. The first-order valence-electron chi connectivity index (χ1n) is 11.6. The monoisotopic (exact) mass is 484 g/mol. The molecule has 0 saturated carbocycles. The SMILES string of the molecule is CCOc1ccc([C@H]2C(=C(O)c3ccc(Cl)cc3)C(=O)C(=O)N2CCCN2CCOCC2)cc1. The highest BCUT2D eigenvalue weighted by molar-refractivity contribution is 6.46. The second-order valence-electron chi connectivity index (χ2n) is 8.31. The van der Waals surface area contributed by atoms with Crippen molar-refractivity contribution < 1.29 is 24.2 Å². The van der Waals surface area contributed by atoms with Gasteiger partial charge in [-0.1, -0.05) is 23.7 Å². The van der Waals surface area contributed by atoms with E-state index in [2.05, 4.69) is 4.90 Å². The van der Waals surface area contributed by atoms with Crippen LogP contribution in [0.5, 0.6) is 5.75 Å². The van der Waals surface area contributed by atoms with Crippen LogP contribution in [0.2, 0.25) is 5.02 Å². The second-order valence-corrected chi connectivity index (χ2v) is 8.75. The third-order valence-corrected chi connectivity index (χ3v) is 6.39. The fourth-order valence-electron chi connectivity index (χ4n) is 4.42. The number of aliphatic hydroxyl groups is 1. The predicted octanol–water partition coefficient (Wildman–Crippen LogP) is 3.88. The lowest BCUT2D eigenvalue weighted by atomic mass is 9.95. The van der Waals surface area contributed by atoms with Gasteiger partial charge in [0, 0.05) is 36.8 Å². The molecule has 0 unspecified atom stereocenters. The fraction of sp³-hybridized carbons (Fsp3) is 0.385. The third-order valence-electron chi connectivity index (χ3n) is 6.14. The summed E-state index contributed by atoms with van der Waals surface area (Å²) < 4.78 is 10.9. The molecular formula is C26H29ClN2O5. The van der Waals surface area contributed by atoms with E-state index in [0.717, 1.165) is 25.2 Å². The van der Waals surface area contributed by atoms with E-state index in [0.29, 0.717) is 49.1 Å². The van der Waals surface area contributed by atoms with E-state index < -0.39 is 17.7 Å². The van der Waals surface area contributed by atoms with Gasteiger partial charge in [-0.2, -0.15) is 0 Å². The molecule has 2 saturated heterocycles. The highest BCUT2D eigenvalue weighted by atomic mass is 35.5. The van der Waals surface area contributed by atoms with Crippen molar-refractivity contribution in [3.8, 4) is 5.75 Å². The minimum atomic E-state index is -0.684. The topological polar surface area (TPSA) is 79.3 Å². The van der Waals surface area contributed by atoms with Gasteiger partial charge in [0.25, 0.3) is 11.7 Å². The number of nitrogens with zero attached hydrogens (tertiary/aromatic N) is 2. The number of hydrogen-bond acceptors (Lipinski definition) is 6. The van der Waals surface area contributed by atoms with Crippen molar-refractivity contribution in [2.24, 2.45) is 0 Å². The van der Waals surface area contributed by atoms with Gasteiger partial charge in [0.15, 0.2) is 0 Å². The molecule has 1 amide bonds. The molecule has 0 aliphatic carbocycles. The summed E-state index contributed by atoms with van der Waals surface area (Å²) in [6, 6.07) is 13.2. The second kappa shape index (κ2) is 11.0. The van der Waals surface area contributed by atoms with Gasteiger partial charge in [-0.3, -0.25) is 14.5 Å². The van der Waals surface area contributed by atoms with E-state index >= 15 is 0 Å². The summed E-state index contributed by atoms with van der Waals surface area (Å²) in [5.74, 6) is -0.785. The molecule has 4 rings (SSSR count). The van der Waals surface area contributed by atoms with Crippen LogP contribution in [0.4, 0.5) is 0 Å². The van der Waals surface area contributed by atoms with Crippen molar-refractivity contribution in [1.82, 2.24) is 9.80 Å². The van der Waals surface area contributed by atoms with Crippen LogP contribution in [0.3, 0.4) is 0 Å². The molecule has 180 valence electrons. The zero-order chi connectivity index (χ0) is 24.1. The number of halogens is 1. The number of benzene rings is 2. The van der Waals surface area contributed by atoms with E-state index in [1.54, 1.807) is 29.2 Å². The molecule has 2 heterocycles. The number of hydrogen-bond donors (Lipinski definition) is 1. The van der Waals surface area contributed by atoms with E-state index in [1.165, 1.54) is 0 Å². The highest BCUT2D eigenvalue weighted by Gasteiger charge is 2.45. The van der Waals surface area contributed by atoms with Crippen LogP contribution in [-0.4, -0.2) is 72.6 Å². The van der Waals surface area contributed by atoms with Crippen molar-refractivity contribution >= 4 is 29.1 Å². The fourth-order valence-corrected chi connectivity index (χ4v) is 4.55. The molecule has 2 aliphatic heterocycles. The number of morpholine rings is 1. The van der Waals surface area contributed by atoms with Gasteiger partial charge in [0.05, 0.1) is 31.4 Å². The number of amides is 1. The first-order chi connectivity index (χ1) is 16.5. The minimum Gasteiger partial charge on any atom is -0.507 e. The Kier molecular flexibility index (Phi) is 7.88. The summed E-state index contributed by atoms with van der Waals surface area (Å²) in [4.78, 5) is 30.1. The zero-order valence-corrected chi connectivity index (χ0v) is 20.0. The molecule has 1 atom stereocenters. The van der Waals surface area contributed by atoms with Crippen LogP contribution in [0.25, 0.3) is 5.76 Å². The van der Waals surface area contributed by atoms with E-state index in [1.807, 2.05) is 31.2 Å². The van der Waals surface area contributed by atoms with Crippen LogP contribution in [-0.2, 0) is 14.3 Å². The van der Waals surface area contributed by atoms with Crippen molar-refractivity contribution in [2.45, 2.75) is 19.4 Å². The summed E-state index contributed by atoms with van der Waals surface area (Å²) in [6.45, 7) is 6.78. The van der Waals surface area contributed by atoms with Gasteiger partial charge in [0.2, 0.25) is 0 Å². The minimum absolute atomic E-state index is 0.0860. The molecule has 8 heteroatoms.